The zero-order valence-corrected chi connectivity index (χ0v) is 14.3. The summed E-state index contributed by atoms with van der Waals surface area (Å²) in [7, 11) is 0. The van der Waals surface area contributed by atoms with Crippen LogP contribution in [0.1, 0.15) is 30.9 Å². The summed E-state index contributed by atoms with van der Waals surface area (Å²) in [5, 5.41) is 2.97. The third kappa shape index (κ3) is 3.82. The number of benzene rings is 1. The van der Waals surface area contributed by atoms with Gasteiger partial charge in [0.25, 0.3) is 0 Å². The second kappa shape index (κ2) is 6.86. The molecule has 1 aromatic carbocycles. The lowest BCUT2D eigenvalue weighted by molar-refractivity contribution is -0.120. The Hall–Kier alpha value is -2.63. The lowest BCUT2D eigenvalue weighted by atomic mass is 10.1. The predicted octanol–water partition coefficient (Wildman–Crippen LogP) is 2.58. The van der Waals surface area contributed by atoms with Crippen molar-refractivity contribution < 1.29 is 4.79 Å². The number of nitrogens with one attached hydrogen (secondary N) is 2. The van der Waals surface area contributed by atoms with Crippen LogP contribution in [-0.2, 0) is 24.3 Å². The van der Waals surface area contributed by atoms with Crippen molar-refractivity contribution >= 4 is 16.9 Å². The largest absolute Gasteiger partial charge is 0.350 e. The van der Waals surface area contributed by atoms with Crippen LogP contribution in [0.3, 0.4) is 0 Å². The summed E-state index contributed by atoms with van der Waals surface area (Å²) in [6.07, 6.45) is 3.98. The fraction of sp³-hybridized carbons (Fsp3) is 0.389. The summed E-state index contributed by atoms with van der Waals surface area (Å²) < 4.78 is 2.09. The lowest BCUT2D eigenvalue weighted by Crippen LogP contribution is -2.26. The number of aryl methyl sites for hydroxylation is 1. The highest BCUT2D eigenvalue weighted by Crippen LogP contribution is 2.14. The first-order valence-electron chi connectivity index (χ1n) is 8.22. The number of nitrogens with zero attached hydrogens (tertiary/aromatic N) is 3. The number of aromatic amines is 1. The number of carbonyl (C=O) groups is 1. The van der Waals surface area contributed by atoms with Gasteiger partial charge < -0.3 is 14.9 Å². The molecule has 6 heteroatoms. The average molecular weight is 325 g/mol. The van der Waals surface area contributed by atoms with Gasteiger partial charge in [-0.25, -0.2) is 9.97 Å². The number of fused-ring (bicyclic) bond motifs is 1. The van der Waals surface area contributed by atoms with Crippen molar-refractivity contribution in [3.63, 3.8) is 0 Å². The number of rotatable bonds is 6. The second-order valence-electron chi connectivity index (χ2n) is 6.56. The summed E-state index contributed by atoms with van der Waals surface area (Å²) in [6, 6.07) is 5.88. The van der Waals surface area contributed by atoms with Crippen LogP contribution in [0.25, 0.3) is 11.0 Å². The molecular formula is C18H23N5O. The van der Waals surface area contributed by atoms with Crippen LogP contribution >= 0.6 is 0 Å². The minimum absolute atomic E-state index is 0.00267. The zero-order valence-electron chi connectivity index (χ0n) is 14.3. The van der Waals surface area contributed by atoms with Gasteiger partial charge in [0.15, 0.2) is 0 Å². The molecule has 2 aromatic heterocycles. The minimum Gasteiger partial charge on any atom is -0.350 e. The molecule has 0 radical (unpaired) electrons. The van der Waals surface area contributed by atoms with Crippen LogP contribution < -0.4 is 5.32 Å². The van der Waals surface area contributed by atoms with E-state index < -0.39 is 0 Å². The van der Waals surface area contributed by atoms with Crippen molar-refractivity contribution in [3.8, 4) is 0 Å². The molecule has 0 aliphatic carbocycles. The van der Waals surface area contributed by atoms with E-state index in [-0.39, 0.29) is 5.91 Å². The summed E-state index contributed by atoms with van der Waals surface area (Å²) in [5.74, 6) is 1.42. The van der Waals surface area contributed by atoms with E-state index in [1.54, 1.807) is 0 Å². The predicted molar refractivity (Wildman–Crippen MR) is 93.4 cm³/mol. The highest BCUT2D eigenvalue weighted by molar-refractivity contribution is 5.81. The molecule has 0 aliphatic rings. The molecule has 1 amide bonds. The monoisotopic (exact) mass is 325 g/mol. The van der Waals surface area contributed by atoms with Gasteiger partial charge in [0, 0.05) is 12.7 Å². The number of hydrogen-bond acceptors (Lipinski definition) is 3. The molecule has 2 heterocycles. The quantitative estimate of drug-likeness (QED) is 0.731. The van der Waals surface area contributed by atoms with E-state index in [0.29, 0.717) is 18.9 Å². The molecule has 0 saturated heterocycles. The number of aromatic nitrogens is 4. The Balaban J connectivity index is 1.59. The molecule has 0 fully saturated rings. The molecule has 0 unspecified atom stereocenters. The van der Waals surface area contributed by atoms with Crippen LogP contribution in [0.4, 0.5) is 0 Å². The van der Waals surface area contributed by atoms with Gasteiger partial charge in [-0.1, -0.05) is 19.9 Å². The molecule has 24 heavy (non-hydrogen) atoms. The normalized spacial score (nSPS) is 11.3. The molecule has 0 bridgehead atoms. The van der Waals surface area contributed by atoms with Crippen molar-refractivity contribution in [3.05, 3.63) is 47.8 Å². The smallest absolute Gasteiger partial charge is 0.224 e. The Morgan fingerprint density at radius 2 is 2.21 bits per heavy atom. The van der Waals surface area contributed by atoms with Gasteiger partial charge in [-0.2, -0.15) is 0 Å². The maximum atomic E-state index is 12.2. The van der Waals surface area contributed by atoms with E-state index in [1.807, 2.05) is 37.6 Å². The Kier molecular flexibility index (Phi) is 4.64. The van der Waals surface area contributed by atoms with Gasteiger partial charge in [-0.05, 0) is 30.5 Å². The molecular weight excluding hydrogens is 302 g/mol. The molecule has 3 aromatic rings. The Morgan fingerprint density at radius 1 is 1.38 bits per heavy atom. The zero-order chi connectivity index (χ0) is 17.1. The van der Waals surface area contributed by atoms with Gasteiger partial charge in [0.05, 0.1) is 36.0 Å². The summed E-state index contributed by atoms with van der Waals surface area (Å²) in [5.41, 5.74) is 3.89. The summed E-state index contributed by atoms with van der Waals surface area (Å²) >= 11 is 0. The van der Waals surface area contributed by atoms with Crippen LogP contribution in [0.15, 0.2) is 30.7 Å². The van der Waals surface area contributed by atoms with Crippen LogP contribution in [0.2, 0.25) is 0 Å². The van der Waals surface area contributed by atoms with Crippen molar-refractivity contribution in [1.82, 2.24) is 24.8 Å². The molecule has 0 aliphatic heterocycles. The van der Waals surface area contributed by atoms with Crippen molar-refractivity contribution in [1.29, 1.82) is 0 Å². The average Bonchev–Trinajstić information content (AvgIpc) is 3.09. The van der Waals surface area contributed by atoms with Crippen molar-refractivity contribution in [2.24, 2.45) is 5.92 Å². The first-order valence-corrected chi connectivity index (χ1v) is 8.22. The van der Waals surface area contributed by atoms with E-state index in [2.05, 4.69) is 38.7 Å². The highest BCUT2D eigenvalue weighted by Gasteiger charge is 2.08. The fourth-order valence-corrected chi connectivity index (χ4v) is 2.78. The summed E-state index contributed by atoms with van der Waals surface area (Å²) in [6.45, 7) is 7.65. The molecule has 2 N–H and O–H groups in total. The van der Waals surface area contributed by atoms with Crippen molar-refractivity contribution in [2.75, 3.05) is 0 Å². The highest BCUT2D eigenvalue weighted by atomic mass is 16.1. The molecule has 0 atom stereocenters. The number of amides is 1. The van der Waals surface area contributed by atoms with Crippen molar-refractivity contribution in [2.45, 2.75) is 40.3 Å². The third-order valence-electron chi connectivity index (χ3n) is 3.86. The van der Waals surface area contributed by atoms with Crippen LogP contribution in [0, 0.1) is 12.8 Å². The van der Waals surface area contributed by atoms with E-state index in [9.17, 15) is 4.79 Å². The van der Waals surface area contributed by atoms with Gasteiger partial charge in [0.2, 0.25) is 5.91 Å². The number of hydrogen-bond donors (Lipinski definition) is 2. The minimum atomic E-state index is 0.00267. The first-order chi connectivity index (χ1) is 11.5. The number of carbonyl (C=O) groups excluding carboxylic acids is 1. The third-order valence-corrected chi connectivity index (χ3v) is 3.86. The SMILES string of the molecule is Cc1nc2ccc(CC(=O)NCc3cncn3CC(C)C)cc2[nH]1. The van der Waals surface area contributed by atoms with Gasteiger partial charge in [0.1, 0.15) is 5.82 Å². The first kappa shape index (κ1) is 16.2. The molecule has 3 rings (SSSR count). The van der Waals surface area contributed by atoms with E-state index in [4.69, 9.17) is 0 Å². The fourth-order valence-electron chi connectivity index (χ4n) is 2.78. The maximum absolute atomic E-state index is 12.2. The lowest BCUT2D eigenvalue weighted by Gasteiger charge is -2.11. The standard InChI is InChI=1S/C18H23N5O/c1-12(2)10-23-11-19-8-15(23)9-20-18(24)7-14-4-5-16-17(6-14)22-13(3)21-16/h4-6,8,11-12H,7,9-10H2,1-3H3,(H,20,24)(H,21,22). The molecule has 126 valence electrons. The maximum Gasteiger partial charge on any atom is 0.224 e. The van der Waals surface area contributed by atoms with Crippen LogP contribution in [-0.4, -0.2) is 25.4 Å². The second-order valence-corrected chi connectivity index (χ2v) is 6.56. The number of H-pyrrole nitrogens is 1. The van der Waals surface area contributed by atoms with Gasteiger partial charge in [-0.3, -0.25) is 4.79 Å². The van der Waals surface area contributed by atoms with Gasteiger partial charge >= 0.3 is 0 Å². The van der Waals surface area contributed by atoms with E-state index >= 15 is 0 Å². The Bertz CT molecular complexity index is 846. The molecule has 0 spiro atoms. The van der Waals surface area contributed by atoms with Crippen LogP contribution in [0.5, 0.6) is 0 Å². The van der Waals surface area contributed by atoms with E-state index in [0.717, 1.165) is 34.7 Å². The van der Waals surface area contributed by atoms with E-state index in [1.165, 1.54) is 0 Å². The Labute approximate surface area is 141 Å². The van der Waals surface area contributed by atoms with Gasteiger partial charge in [-0.15, -0.1) is 0 Å². The molecule has 0 saturated carbocycles. The number of imidazole rings is 2. The molecule has 6 nitrogen and oxygen atoms in total. The summed E-state index contributed by atoms with van der Waals surface area (Å²) in [4.78, 5) is 24.0. The topological polar surface area (TPSA) is 75.6 Å². The Morgan fingerprint density at radius 3 is 3.00 bits per heavy atom.